The number of pyridine rings is 1. The van der Waals surface area contributed by atoms with Crippen LogP contribution in [0.2, 0.25) is 0 Å². The molecule has 3 aromatic rings. The monoisotopic (exact) mass is 293 g/mol. The van der Waals surface area contributed by atoms with Gasteiger partial charge in [-0.25, -0.2) is 14.5 Å². The predicted molar refractivity (Wildman–Crippen MR) is 82.8 cm³/mol. The van der Waals surface area contributed by atoms with Crippen molar-refractivity contribution in [3.63, 3.8) is 0 Å². The number of anilines is 1. The van der Waals surface area contributed by atoms with Gasteiger partial charge < -0.3 is 0 Å². The first-order valence-electron chi connectivity index (χ1n) is 7.13. The molecule has 0 N–H and O–H groups in total. The lowest BCUT2D eigenvalue weighted by Gasteiger charge is -2.13. The molecule has 1 aliphatic rings. The summed E-state index contributed by atoms with van der Waals surface area (Å²) in [5.74, 6) is 0.820. The Labute approximate surface area is 127 Å². The van der Waals surface area contributed by atoms with Gasteiger partial charge in [-0.05, 0) is 25.5 Å². The third-order valence-corrected chi connectivity index (χ3v) is 4.26. The molecule has 6 heteroatoms. The van der Waals surface area contributed by atoms with Gasteiger partial charge in [-0.3, -0.25) is 9.69 Å². The third-order valence-electron chi connectivity index (χ3n) is 4.26. The molecule has 0 aromatic carbocycles. The maximum Gasteiger partial charge on any atom is 0.232 e. The maximum atomic E-state index is 11.8. The SMILES string of the molecule is Cc1nc2ccnn2c(-c2cnc3c(c2)CC(=O)N3C)c1C. The van der Waals surface area contributed by atoms with E-state index >= 15 is 0 Å². The number of amides is 1. The van der Waals surface area contributed by atoms with Gasteiger partial charge in [-0.1, -0.05) is 0 Å². The summed E-state index contributed by atoms with van der Waals surface area (Å²) in [6, 6.07) is 3.92. The highest BCUT2D eigenvalue weighted by Crippen LogP contribution is 2.31. The van der Waals surface area contributed by atoms with E-state index < -0.39 is 0 Å². The Morgan fingerprint density at radius 3 is 2.91 bits per heavy atom. The molecule has 1 amide bonds. The van der Waals surface area contributed by atoms with Gasteiger partial charge in [0.1, 0.15) is 5.82 Å². The van der Waals surface area contributed by atoms with Crippen LogP contribution in [0, 0.1) is 13.8 Å². The topological polar surface area (TPSA) is 63.4 Å². The Morgan fingerprint density at radius 2 is 2.09 bits per heavy atom. The Morgan fingerprint density at radius 1 is 1.27 bits per heavy atom. The first-order chi connectivity index (χ1) is 10.6. The van der Waals surface area contributed by atoms with Crippen LogP contribution in [0.1, 0.15) is 16.8 Å². The minimum atomic E-state index is 0.0755. The second-order valence-electron chi connectivity index (χ2n) is 5.61. The maximum absolute atomic E-state index is 11.8. The Hall–Kier alpha value is -2.76. The summed E-state index contributed by atoms with van der Waals surface area (Å²) in [5, 5.41) is 4.37. The fourth-order valence-corrected chi connectivity index (χ4v) is 2.94. The molecule has 6 nitrogen and oxygen atoms in total. The second kappa shape index (κ2) is 4.37. The molecular formula is C16H15N5O. The highest BCUT2D eigenvalue weighted by molar-refractivity contribution is 6.00. The van der Waals surface area contributed by atoms with Crippen LogP contribution >= 0.6 is 0 Å². The second-order valence-corrected chi connectivity index (χ2v) is 5.61. The zero-order valence-corrected chi connectivity index (χ0v) is 12.7. The third kappa shape index (κ3) is 1.67. The van der Waals surface area contributed by atoms with E-state index in [1.54, 1.807) is 24.3 Å². The van der Waals surface area contributed by atoms with E-state index in [1.807, 2.05) is 30.5 Å². The van der Waals surface area contributed by atoms with Crippen LogP contribution in [0.15, 0.2) is 24.5 Å². The summed E-state index contributed by atoms with van der Waals surface area (Å²) in [6.07, 6.45) is 3.94. The van der Waals surface area contributed by atoms with E-state index in [2.05, 4.69) is 15.1 Å². The molecule has 22 heavy (non-hydrogen) atoms. The molecule has 4 rings (SSSR count). The molecule has 0 radical (unpaired) electrons. The van der Waals surface area contributed by atoms with Gasteiger partial charge in [0.05, 0.1) is 18.3 Å². The van der Waals surface area contributed by atoms with E-state index in [1.165, 1.54) is 0 Å². The summed E-state index contributed by atoms with van der Waals surface area (Å²) in [7, 11) is 1.76. The van der Waals surface area contributed by atoms with E-state index in [9.17, 15) is 4.79 Å². The Bertz CT molecular complexity index is 928. The van der Waals surface area contributed by atoms with Gasteiger partial charge in [0, 0.05) is 36.1 Å². The molecule has 0 spiro atoms. The molecule has 0 atom stereocenters. The largest absolute Gasteiger partial charge is 0.299 e. The van der Waals surface area contributed by atoms with Crippen molar-refractivity contribution in [1.29, 1.82) is 0 Å². The molecule has 0 saturated carbocycles. The van der Waals surface area contributed by atoms with E-state index in [0.717, 1.165) is 39.5 Å². The van der Waals surface area contributed by atoms with Gasteiger partial charge >= 0.3 is 0 Å². The van der Waals surface area contributed by atoms with Crippen LogP contribution in [0.25, 0.3) is 16.9 Å². The van der Waals surface area contributed by atoms with Crippen molar-refractivity contribution in [2.24, 2.45) is 0 Å². The number of carbonyl (C=O) groups excluding carboxylic acids is 1. The smallest absolute Gasteiger partial charge is 0.232 e. The fourth-order valence-electron chi connectivity index (χ4n) is 2.94. The highest BCUT2D eigenvalue weighted by Gasteiger charge is 2.26. The standard InChI is InChI=1S/C16H15N5O/c1-9-10(2)19-13-4-5-18-21(13)15(9)12-6-11-7-14(22)20(3)16(11)17-8-12/h4-6,8H,7H2,1-3H3. The average molecular weight is 293 g/mol. The summed E-state index contributed by atoms with van der Waals surface area (Å²) in [6.45, 7) is 4.02. The summed E-state index contributed by atoms with van der Waals surface area (Å²) < 4.78 is 1.83. The number of nitrogens with zero attached hydrogens (tertiary/aromatic N) is 5. The molecular weight excluding hydrogens is 278 g/mol. The van der Waals surface area contributed by atoms with Crippen LogP contribution < -0.4 is 4.90 Å². The van der Waals surface area contributed by atoms with Crippen LogP contribution in [0.4, 0.5) is 5.82 Å². The van der Waals surface area contributed by atoms with Crippen molar-refractivity contribution < 1.29 is 4.79 Å². The average Bonchev–Trinajstić information content (AvgIpc) is 3.05. The van der Waals surface area contributed by atoms with Gasteiger partial charge in [0.2, 0.25) is 5.91 Å². The number of aromatic nitrogens is 4. The summed E-state index contributed by atoms with van der Waals surface area (Å²) in [5.41, 5.74) is 5.74. The lowest BCUT2D eigenvalue weighted by atomic mass is 10.0. The molecule has 4 heterocycles. The van der Waals surface area contributed by atoms with E-state index in [0.29, 0.717) is 6.42 Å². The molecule has 3 aromatic heterocycles. The zero-order chi connectivity index (χ0) is 15.4. The summed E-state index contributed by atoms with van der Waals surface area (Å²) in [4.78, 5) is 22.4. The molecule has 0 bridgehead atoms. The fraction of sp³-hybridized carbons (Fsp3) is 0.250. The van der Waals surface area contributed by atoms with Crippen molar-refractivity contribution in [2.75, 3.05) is 11.9 Å². The first-order valence-corrected chi connectivity index (χ1v) is 7.13. The summed E-state index contributed by atoms with van der Waals surface area (Å²) >= 11 is 0. The van der Waals surface area contributed by atoms with Crippen molar-refractivity contribution >= 4 is 17.4 Å². The zero-order valence-electron chi connectivity index (χ0n) is 12.7. The number of carbonyl (C=O) groups is 1. The Balaban J connectivity index is 1.97. The van der Waals surface area contributed by atoms with Crippen LogP contribution in [-0.2, 0) is 11.2 Å². The van der Waals surface area contributed by atoms with Crippen molar-refractivity contribution in [3.05, 3.63) is 41.3 Å². The van der Waals surface area contributed by atoms with Gasteiger partial charge in [0.25, 0.3) is 0 Å². The highest BCUT2D eigenvalue weighted by atomic mass is 16.2. The number of hydrogen-bond acceptors (Lipinski definition) is 4. The van der Waals surface area contributed by atoms with Crippen molar-refractivity contribution in [2.45, 2.75) is 20.3 Å². The lowest BCUT2D eigenvalue weighted by molar-refractivity contribution is -0.117. The van der Waals surface area contributed by atoms with E-state index in [4.69, 9.17) is 0 Å². The van der Waals surface area contributed by atoms with Crippen LogP contribution in [0.5, 0.6) is 0 Å². The molecule has 1 aliphatic heterocycles. The van der Waals surface area contributed by atoms with Gasteiger partial charge in [-0.15, -0.1) is 0 Å². The number of aryl methyl sites for hydroxylation is 1. The van der Waals surface area contributed by atoms with Crippen molar-refractivity contribution in [3.8, 4) is 11.3 Å². The number of likely N-dealkylation sites (N-methyl/N-ethyl adjacent to an activating group) is 1. The van der Waals surface area contributed by atoms with Crippen LogP contribution in [-0.4, -0.2) is 32.5 Å². The molecule has 0 fully saturated rings. The van der Waals surface area contributed by atoms with Crippen LogP contribution in [0.3, 0.4) is 0 Å². The normalized spacial score (nSPS) is 14.0. The van der Waals surface area contributed by atoms with Gasteiger partial charge in [-0.2, -0.15) is 5.10 Å². The quantitative estimate of drug-likeness (QED) is 0.687. The molecule has 0 saturated heterocycles. The number of hydrogen-bond donors (Lipinski definition) is 0. The Kier molecular flexibility index (Phi) is 2.57. The molecule has 0 unspecified atom stereocenters. The van der Waals surface area contributed by atoms with Crippen molar-refractivity contribution in [1.82, 2.24) is 19.6 Å². The lowest BCUT2D eigenvalue weighted by Crippen LogP contribution is -2.21. The van der Waals surface area contributed by atoms with E-state index in [-0.39, 0.29) is 5.91 Å². The minimum Gasteiger partial charge on any atom is -0.299 e. The number of fused-ring (bicyclic) bond motifs is 2. The molecule has 110 valence electrons. The van der Waals surface area contributed by atoms with Gasteiger partial charge in [0.15, 0.2) is 5.65 Å². The molecule has 0 aliphatic carbocycles. The minimum absolute atomic E-state index is 0.0755. The predicted octanol–water partition coefficient (Wildman–Crippen LogP) is 1.93. The number of rotatable bonds is 1. The first kappa shape index (κ1) is 12.9.